The van der Waals surface area contributed by atoms with E-state index in [-0.39, 0.29) is 6.04 Å². The second-order valence-electron chi connectivity index (χ2n) is 5.61. The van der Waals surface area contributed by atoms with E-state index in [1.54, 1.807) is 6.92 Å². The molecule has 134 valence electrons. The van der Waals surface area contributed by atoms with E-state index in [9.17, 15) is 18.0 Å². The maximum absolute atomic E-state index is 13.7. The van der Waals surface area contributed by atoms with E-state index >= 15 is 0 Å². The Hall–Kier alpha value is -1.86. The van der Waals surface area contributed by atoms with E-state index in [0.717, 1.165) is 28.6 Å². The number of hydrogen-bond donors (Lipinski definition) is 2. The van der Waals surface area contributed by atoms with E-state index in [4.69, 9.17) is 0 Å². The predicted octanol–water partition coefficient (Wildman–Crippen LogP) is 4.93. The van der Waals surface area contributed by atoms with Crippen LogP contribution in [-0.4, -0.2) is 11.9 Å². The Balaban J connectivity index is 2.06. The molecular formula is C18H18BrF3N2O. The Bertz CT molecular complexity index is 753. The number of halogens is 4. The summed E-state index contributed by atoms with van der Waals surface area (Å²) in [5.41, 5.74) is 0.610. The molecule has 0 heterocycles. The molecule has 2 aromatic carbocycles. The van der Waals surface area contributed by atoms with Gasteiger partial charge in [-0.05, 0) is 43.2 Å². The van der Waals surface area contributed by atoms with Crippen LogP contribution >= 0.6 is 15.9 Å². The highest BCUT2D eigenvalue weighted by Crippen LogP contribution is 2.22. The lowest BCUT2D eigenvalue weighted by atomic mass is 10.0. The summed E-state index contributed by atoms with van der Waals surface area (Å²) in [5.74, 6) is -4.87. The van der Waals surface area contributed by atoms with Crippen molar-refractivity contribution in [3.05, 3.63) is 63.9 Å². The molecule has 0 aliphatic carbocycles. The van der Waals surface area contributed by atoms with Gasteiger partial charge in [0.05, 0.1) is 11.7 Å². The van der Waals surface area contributed by atoms with Gasteiger partial charge in [-0.2, -0.15) is 0 Å². The van der Waals surface area contributed by atoms with Crippen molar-refractivity contribution in [3.8, 4) is 0 Å². The van der Waals surface area contributed by atoms with Crippen molar-refractivity contribution in [2.75, 3.05) is 5.32 Å². The molecule has 2 rings (SSSR count). The van der Waals surface area contributed by atoms with E-state index in [2.05, 4.69) is 26.6 Å². The zero-order valence-corrected chi connectivity index (χ0v) is 15.3. The van der Waals surface area contributed by atoms with Crippen LogP contribution in [0.5, 0.6) is 0 Å². The normalized spacial score (nSPS) is 13.4. The van der Waals surface area contributed by atoms with Crippen LogP contribution in [0.25, 0.3) is 0 Å². The van der Waals surface area contributed by atoms with Crippen LogP contribution in [0.1, 0.15) is 31.9 Å². The van der Waals surface area contributed by atoms with Gasteiger partial charge in [-0.1, -0.05) is 35.0 Å². The average molecular weight is 415 g/mol. The molecular weight excluding hydrogens is 397 g/mol. The largest absolute Gasteiger partial charge is 0.322 e. The molecule has 0 aliphatic rings. The molecule has 0 saturated heterocycles. The minimum absolute atomic E-state index is 0.0800. The third kappa shape index (κ3) is 4.83. The molecule has 1 amide bonds. The van der Waals surface area contributed by atoms with Crippen LogP contribution in [0, 0.1) is 17.5 Å². The van der Waals surface area contributed by atoms with Gasteiger partial charge in [0, 0.05) is 10.5 Å². The van der Waals surface area contributed by atoms with Gasteiger partial charge in [0.1, 0.15) is 0 Å². The molecule has 2 aromatic rings. The first kappa shape index (κ1) is 19.5. The summed E-state index contributed by atoms with van der Waals surface area (Å²) in [6, 6.07) is 8.69. The third-order valence-electron chi connectivity index (χ3n) is 3.82. The number of rotatable bonds is 6. The highest BCUT2D eigenvalue weighted by molar-refractivity contribution is 9.10. The molecule has 2 N–H and O–H groups in total. The van der Waals surface area contributed by atoms with Gasteiger partial charge < -0.3 is 5.32 Å². The summed E-state index contributed by atoms with van der Waals surface area (Å²) >= 11 is 3.37. The van der Waals surface area contributed by atoms with Crippen LogP contribution in [0.2, 0.25) is 0 Å². The van der Waals surface area contributed by atoms with Gasteiger partial charge in [-0.15, -0.1) is 0 Å². The lowest BCUT2D eigenvalue weighted by Gasteiger charge is -2.22. The number of anilines is 1. The predicted molar refractivity (Wildman–Crippen MR) is 94.7 cm³/mol. The Morgan fingerprint density at radius 1 is 1.08 bits per heavy atom. The number of carbonyl (C=O) groups excluding carboxylic acids is 1. The molecule has 0 aliphatic heterocycles. The summed E-state index contributed by atoms with van der Waals surface area (Å²) in [7, 11) is 0. The number of carbonyl (C=O) groups is 1. The fourth-order valence-electron chi connectivity index (χ4n) is 2.39. The fraction of sp³-hybridized carbons (Fsp3) is 0.278. The van der Waals surface area contributed by atoms with E-state index < -0.39 is 35.1 Å². The molecule has 0 unspecified atom stereocenters. The van der Waals surface area contributed by atoms with E-state index in [1.165, 1.54) is 0 Å². The maximum atomic E-state index is 13.7. The standard InChI is InChI=1S/C18H18BrF3N2O/c1-3-14(11-4-6-12(19)7-5-11)23-10(2)18(25)24-15-9-8-13(20)16(21)17(15)22/h4-10,14,23H,3H2,1-2H3,(H,24,25)/t10-,14-/m0/s1. The molecule has 3 nitrogen and oxygen atoms in total. The Morgan fingerprint density at radius 3 is 2.32 bits per heavy atom. The summed E-state index contributed by atoms with van der Waals surface area (Å²) in [5, 5.41) is 5.43. The maximum Gasteiger partial charge on any atom is 0.241 e. The topological polar surface area (TPSA) is 41.1 Å². The highest BCUT2D eigenvalue weighted by atomic mass is 79.9. The van der Waals surface area contributed by atoms with E-state index in [1.807, 2.05) is 31.2 Å². The molecule has 0 bridgehead atoms. The summed E-state index contributed by atoms with van der Waals surface area (Å²) < 4.78 is 40.8. The van der Waals surface area contributed by atoms with Crippen LogP contribution < -0.4 is 10.6 Å². The molecule has 0 aromatic heterocycles. The van der Waals surface area contributed by atoms with Gasteiger partial charge in [-0.25, -0.2) is 13.2 Å². The zero-order valence-electron chi connectivity index (χ0n) is 13.7. The van der Waals surface area contributed by atoms with Crippen LogP contribution in [0.15, 0.2) is 40.9 Å². The van der Waals surface area contributed by atoms with Crippen molar-refractivity contribution in [2.45, 2.75) is 32.4 Å². The minimum Gasteiger partial charge on any atom is -0.322 e. The zero-order chi connectivity index (χ0) is 18.6. The van der Waals surface area contributed by atoms with Crippen molar-refractivity contribution in [3.63, 3.8) is 0 Å². The summed E-state index contributed by atoms with van der Waals surface area (Å²) in [6.07, 6.45) is 0.735. The fourth-order valence-corrected chi connectivity index (χ4v) is 2.65. The monoisotopic (exact) mass is 414 g/mol. The molecule has 25 heavy (non-hydrogen) atoms. The SMILES string of the molecule is CC[C@H](N[C@@H](C)C(=O)Nc1ccc(F)c(F)c1F)c1ccc(Br)cc1. The molecule has 0 radical (unpaired) electrons. The lowest BCUT2D eigenvalue weighted by molar-refractivity contribution is -0.118. The van der Waals surface area contributed by atoms with Gasteiger partial charge in [0.15, 0.2) is 17.5 Å². The average Bonchev–Trinajstić information content (AvgIpc) is 2.60. The smallest absolute Gasteiger partial charge is 0.241 e. The van der Waals surface area contributed by atoms with Gasteiger partial charge in [0.25, 0.3) is 0 Å². The van der Waals surface area contributed by atoms with Gasteiger partial charge in [-0.3, -0.25) is 10.1 Å². The number of benzene rings is 2. The quantitative estimate of drug-likeness (QED) is 0.657. The van der Waals surface area contributed by atoms with Crippen molar-refractivity contribution in [1.29, 1.82) is 0 Å². The Morgan fingerprint density at radius 2 is 1.72 bits per heavy atom. The molecule has 0 fully saturated rings. The first-order valence-electron chi connectivity index (χ1n) is 7.79. The summed E-state index contributed by atoms with van der Waals surface area (Å²) in [6.45, 7) is 3.59. The molecule has 0 spiro atoms. The van der Waals surface area contributed by atoms with Gasteiger partial charge in [0.2, 0.25) is 5.91 Å². The Kier molecular flexibility index (Phi) is 6.61. The van der Waals surface area contributed by atoms with Crippen molar-refractivity contribution in [1.82, 2.24) is 5.32 Å². The van der Waals surface area contributed by atoms with Crippen molar-refractivity contribution < 1.29 is 18.0 Å². The summed E-state index contributed by atoms with van der Waals surface area (Å²) in [4.78, 5) is 12.2. The molecule has 7 heteroatoms. The second kappa shape index (κ2) is 8.49. The minimum atomic E-state index is -1.61. The molecule has 0 saturated carbocycles. The second-order valence-corrected chi connectivity index (χ2v) is 6.53. The van der Waals surface area contributed by atoms with Crippen LogP contribution in [-0.2, 0) is 4.79 Å². The third-order valence-corrected chi connectivity index (χ3v) is 4.35. The highest BCUT2D eigenvalue weighted by Gasteiger charge is 2.21. The van der Waals surface area contributed by atoms with Crippen molar-refractivity contribution in [2.24, 2.45) is 0 Å². The lowest BCUT2D eigenvalue weighted by Crippen LogP contribution is -2.40. The number of hydrogen-bond acceptors (Lipinski definition) is 2. The van der Waals surface area contributed by atoms with Gasteiger partial charge >= 0.3 is 0 Å². The molecule has 2 atom stereocenters. The number of amides is 1. The number of nitrogens with one attached hydrogen (secondary N) is 2. The first-order valence-corrected chi connectivity index (χ1v) is 8.58. The van der Waals surface area contributed by atoms with Crippen LogP contribution in [0.4, 0.5) is 18.9 Å². The van der Waals surface area contributed by atoms with E-state index in [0.29, 0.717) is 0 Å². The Labute approximate surface area is 152 Å². The van der Waals surface area contributed by atoms with Crippen molar-refractivity contribution >= 4 is 27.5 Å². The first-order chi connectivity index (χ1) is 11.8. The van der Waals surface area contributed by atoms with Crippen LogP contribution in [0.3, 0.4) is 0 Å².